The first-order valence-corrected chi connectivity index (χ1v) is 10.8. The molecule has 1 saturated heterocycles. The van der Waals surface area contributed by atoms with Gasteiger partial charge in [-0.3, -0.25) is 9.69 Å². The number of carbonyl (C=O) groups excluding carboxylic acids is 1. The van der Waals surface area contributed by atoms with Gasteiger partial charge in [-0.15, -0.1) is 0 Å². The van der Waals surface area contributed by atoms with Crippen LogP contribution in [0.2, 0.25) is 0 Å². The van der Waals surface area contributed by atoms with Gasteiger partial charge in [0.05, 0.1) is 21.8 Å². The van der Waals surface area contributed by atoms with Gasteiger partial charge >= 0.3 is 6.18 Å². The monoisotopic (exact) mass is 449 g/mol. The molecule has 164 valence electrons. The fourth-order valence-electron chi connectivity index (χ4n) is 3.60. The molecule has 10 heteroatoms. The molecule has 3 heterocycles. The highest BCUT2D eigenvalue weighted by atomic mass is 32.1. The van der Waals surface area contributed by atoms with E-state index in [4.69, 9.17) is 0 Å². The van der Waals surface area contributed by atoms with Crippen molar-refractivity contribution < 1.29 is 18.0 Å². The first-order valence-electron chi connectivity index (χ1n) is 10.00. The van der Waals surface area contributed by atoms with E-state index in [1.54, 1.807) is 0 Å². The lowest BCUT2D eigenvalue weighted by Crippen LogP contribution is -2.44. The van der Waals surface area contributed by atoms with E-state index in [2.05, 4.69) is 20.2 Å². The maximum Gasteiger partial charge on any atom is 0.417 e. The van der Waals surface area contributed by atoms with Crippen molar-refractivity contribution >= 4 is 38.4 Å². The zero-order valence-electron chi connectivity index (χ0n) is 16.9. The largest absolute Gasteiger partial charge is 0.417 e. The average Bonchev–Trinajstić information content (AvgIpc) is 2.99. The predicted molar refractivity (Wildman–Crippen MR) is 115 cm³/mol. The molecule has 1 fully saturated rings. The van der Waals surface area contributed by atoms with Crippen molar-refractivity contribution in [2.75, 3.05) is 36.4 Å². The maximum absolute atomic E-state index is 12.8. The minimum atomic E-state index is -4.40. The van der Waals surface area contributed by atoms with Crippen molar-refractivity contribution in [3.63, 3.8) is 0 Å². The van der Waals surface area contributed by atoms with Crippen molar-refractivity contribution in [1.29, 1.82) is 0 Å². The molecule has 0 spiro atoms. The first-order chi connectivity index (χ1) is 14.8. The summed E-state index contributed by atoms with van der Waals surface area (Å²) < 4.78 is 39.3. The zero-order valence-corrected chi connectivity index (χ0v) is 17.7. The number of pyridine rings is 1. The SMILES string of the molecule is CC(C(=O)Nc1nc2ccccc2s1)N1CCCN(c2ccc(C(F)(F)F)cn2)CC1. The molecule has 1 aromatic carbocycles. The molecule has 4 rings (SSSR count). The number of thiazole rings is 1. The number of anilines is 2. The van der Waals surface area contributed by atoms with Crippen LogP contribution < -0.4 is 10.2 Å². The summed E-state index contributed by atoms with van der Waals surface area (Å²) in [4.78, 5) is 25.2. The molecule has 0 aliphatic carbocycles. The fraction of sp³-hybridized carbons (Fsp3) is 0.381. The number of rotatable bonds is 4. The number of nitrogens with zero attached hydrogens (tertiary/aromatic N) is 4. The molecule has 1 aliphatic heterocycles. The molecule has 2 aromatic heterocycles. The molecule has 1 aliphatic rings. The van der Waals surface area contributed by atoms with E-state index < -0.39 is 11.7 Å². The maximum atomic E-state index is 12.8. The summed E-state index contributed by atoms with van der Waals surface area (Å²) in [6, 6.07) is 9.82. The standard InChI is InChI=1S/C21H22F3N5OS/c1-14(19(30)27-20-26-16-5-2-3-6-17(16)31-20)28-9-4-10-29(12-11-28)18-8-7-15(13-25-18)21(22,23)24/h2-3,5-8,13-14H,4,9-12H2,1H3,(H,26,27,30). The van der Waals surface area contributed by atoms with E-state index in [1.807, 2.05) is 36.1 Å². The number of carbonyl (C=O) groups is 1. The van der Waals surface area contributed by atoms with Crippen molar-refractivity contribution in [3.8, 4) is 0 Å². The molecule has 0 saturated carbocycles. The third-order valence-electron chi connectivity index (χ3n) is 5.38. The van der Waals surface area contributed by atoms with Crippen LogP contribution in [0.25, 0.3) is 10.2 Å². The second-order valence-electron chi connectivity index (χ2n) is 7.43. The van der Waals surface area contributed by atoms with Crippen molar-refractivity contribution in [2.24, 2.45) is 0 Å². The van der Waals surface area contributed by atoms with Crippen LogP contribution in [0.1, 0.15) is 18.9 Å². The summed E-state index contributed by atoms with van der Waals surface area (Å²) in [7, 11) is 0. The van der Waals surface area contributed by atoms with Gasteiger partial charge in [-0.25, -0.2) is 9.97 Å². The number of benzene rings is 1. The van der Waals surface area contributed by atoms with E-state index in [0.717, 1.165) is 28.9 Å². The molecule has 3 aromatic rings. The summed E-state index contributed by atoms with van der Waals surface area (Å²) in [5, 5.41) is 3.48. The molecule has 6 nitrogen and oxygen atoms in total. The Kier molecular flexibility index (Phi) is 6.10. The summed E-state index contributed by atoms with van der Waals surface area (Å²) in [6.45, 7) is 4.43. The van der Waals surface area contributed by atoms with Gasteiger partial charge in [-0.2, -0.15) is 13.2 Å². The molecular formula is C21H22F3N5OS. The Morgan fingerprint density at radius 1 is 1.13 bits per heavy atom. The Labute approximate surface area is 181 Å². The number of hydrogen-bond acceptors (Lipinski definition) is 6. The van der Waals surface area contributed by atoms with Crippen LogP contribution in [0, 0.1) is 0 Å². The average molecular weight is 450 g/mol. The number of aromatic nitrogens is 2. The molecule has 0 bridgehead atoms. The number of para-hydroxylation sites is 1. The van der Waals surface area contributed by atoms with Gasteiger partial charge in [0.25, 0.3) is 0 Å². The summed E-state index contributed by atoms with van der Waals surface area (Å²) in [5.41, 5.74) is 0.0951. The third-order valence-corrected chi connectivity index (χ3v) is 6.33. The van der Waals surface area contributed by atoms with Gasteiger partial charge in [-0.05, 0) is 37.6 Å². The number of nitrogens with one attached hydrogen (secondary N) is 1. The molecule has 1 unspecified atom stereocenters. The Bertz CT molecular complexity index is 1020. The van der Waals surface area contributed by atoms with Gasteiger partial charge in [0.1, 0.15) is 5.82 Å². The number of alkyl halides is 3. The van der Waals surface area contributed by atoms with Gasteiger partial charge in [0, 0.05) is 32.4 Å². The Morgan fingerprint density at radius 2 is 1.94 bits per heavy atom. The van der Waals surface area contributed by atoms with Crippen LogP contribution in [0.3, 0.4) is 0 Å². The van der Waals surface area contributed by atoms with Crippen LogP contribution in [-0.2, 0) is 11.0 Å². The van der Waals surface area contributed by atoms with Crippen LogP contribution >= 0.6 is 11.3 Å². The van der Waals surface area contributed by atoms with E-state index in [9.17, 15) is 18.0 Å². The van der Waals surface area contributed by atoms with E-state index >= 15 is 0 Å². The van der Waals surface area contributed by atoms with E-state index in [-0.39, 0.29) is 11.9 Å². The minimum Gasteiger partial charge on any atom is -0.355 e. The fourth-order valence-corrected chi connectivity index (χ4v) is 4.46. The topological polar surface area (TPSA) is 61.4 Å². The molecule has 31 heavy (non-hydrogen) atoms. The smallest absolute Gasteiger partial charge is 0.355 e. The van der Waals surface area contributed by atoms with Gasteiger partial charge in [0.2, 0.25) is 5.91 Å². The Morgan fingerprint density at radius 3 is 2.65 bits per heavy atom. The highest BCUT2D eigenvalue weighted by molar-refractivity contribution is 7.22. The lowest BCUT2D eigenvalue weighted by molar-refractivity contribution is -0.137. The summed E-state index contributed by atoms with van der Waals surface area (Å²) in [6.07, 6.45) is -2.75. The molecular weight excluding hydrogens is 427 g/mol. The minimum absolute atomic E-state index is 0.125. The van der Waals surface area contributed by atoms with Crippen molar-refractivity contribution in [3.05, 3.63) is 48.2 Å². The van der Waals surface area contributed by atoms with Crippen LogP contribution in [-0.4, -0.2) is 53.0 Å². The summed E-state index contributed by atoms with van der Waals surface area (Å²) >= 11 is 1.44. The molecule has 1 atom stereocenters. The lowest BCUT2D eigenvalue weighted by Gasteiger charge is -2.26. The van der Waals surface area contributed by atoms with Crippen molar-refractivity contribution in [2.45, 2.75) is 25.6 Å². The molecule has 0 radical (unpaired) electrons. The van der Waals surface area contributed by atoms with Crippen LogP contribution in [0.15, 0.2) is 42.6 Å². The van der Waals surface area contributed by atoms with Gasteiger partial charge < -0.3 is 10.2 Å². The van der Waals surface area contributed by atoms with E-state index in [0.29, 0.717) is 37.1 Å². The highest BCUT2D eigenvalue weighted by Gasteiger charge is 2.31. The summed E-state index contributed by atoms with van der Waals surface area (Å²) in [5.74, 6) is 0.390. The second-order valence-corrected chi connectivity index (χ2v) is 8.46. The zero-order chi connectivity index (χ0) is 22.0. The van der Waals surface area contributed by atoms with Crippen LogP contribution in [0.5, 0.6) is 0 Å². The van der Waals surface area contributed by atoms with E-state index in [1.165, 1.54) is 17.4 Å². The van der Waals surface area contributed by atoms with Crippen LogP contribution in [0.4, 0.5) is 24.1 Å². The number of amides is 1. The normalized spacial score (nSPS) is 16.8. The Balaban J connectivity index is 1.36. The highest BCUT2D eigenvalue weighted by Crippen LogP contribution is 2.29. The first kappa shape index (κ1) is 21.5. The third kappa shape index (κ3) is 4.96. The predicted octanol–water partition coefficient (Wildman–Crippen LogP) is 4.25. The van der Waals surface area contributed by atoms with Gasteiger partial charge in [-0.1, -0.05) is 23.5 Å². The molecule has 1 N–H and O–H groups in total. The second kappa shape index (κ2) is 8.80. The number of fused-ring (bicyclic) bond motifs is 1. The lowest BCUT2D eigenvalue weighted by atomic mass is 10.2. The van der Waals surface area contributed by atoms with Crippen molar-refractivity contribution in [1.82, 2.24) is 14.9 Å². The number of halogens is 3. The molecule has 1 amide bonds. The number of hydrogen-bond donors (Lipinski definition) is 1. The Hall–Kier alpha value is -2.72. The van der Waals surface area contributed by atoms with Gasteiger partial charge in [0.15, 0.2) is 5.13 Å². The quantitative estimate of drug-likeness (QED) is 0.645.